The van der Waals surface area contributed by atoms with E-state index < -0.39 is 23.1 Å². The van der Waals surface area contributed by atoms with Gasteiger partial charge in [-0.1, -0.05) is 0 Å². The molecule has 8 nitrogen and oxygen atoms in total. The van der Waals surface area contributed by atoms with Crippen LogP contribution in [-0.4, -0.2) is 27.6 Å². The largest absolute Gasteiger partial charge is 0.495 e. The van der Waals surface area contributed by atoms with Crippen LogP contribution in [0.1, 0.15) is 21.5 Å². The minimum Gasteiger partial charge on any atom is -0.495 e. The summed E-state index contributed by atoms with van der Waals surface area (Å²) in [5.41, 5.74) is 1.75. The number of fused-ring (bicyclic) bond motifs is 1. The molecule has 3 aromatic heterocycles. The Kier molecular flexibility index (Phi) is 6.76. The SMILES string of the molecule is COc1cnc2c(Oc3ccc(NC(=O)c4c(C)ccn(-c5ccc(F)cc5C)c4=O)cc3F)ccnc2c1. The summed E-state index contributed by atoms with van der Waals surface area (Å²) in [5, 5.41) is 2.57. The van der Waals surface area contributed by atoms with Crippen molar-refractivity contribution in [2.24, 2.45) is 0 Å². The summed E-state index contributed by atoms with van der Waals surface area (Å²) in [7, 11) is 1.51. The van der Waals surface area contributed by atoms with Crippen LogP contribution < -0.4 is 20.3 Å². The van der Waals surface area contributed by atoms with Gasteiger partial charge in [-0.15, -0.1) is 0 Å². The van der Waals surface area contributed by atoms with Crippen molar-refractivity contribution in [3.05, 3.63) is 112 Å². The molecule has 1 amide bonds. The number of hydrogen-bond acceptors (Lipinski definition) is 6. The van der Waals surface area contributed by atoms with Gasteiger partial charge in [0.1, 0.15) is 22.6 Å². The third kappa shape index (κ3) is 5.04. The third-order valence-corrected chi connectivity index (χ3v) is 6.11. The monoisotopic (exact) mass is 528 g/mol. The zero-order chi connectivity index (χ0) is 27.7. The van der Waals surface area contributed by atoms with Crippen molar-refractivity contribution in [1.82, 2.24) is 14.5 Å². The molecule has 10 heteroatoms. The van der Waals surface area contributed by atoms with E-state index in [-0.39, 0.29) is 22.7 Å². The van der Waals surface area contributed by atoms with E-state index in [1.54, 1.807) is 32.0 Å². The summed E-state index contributed by atoms with van der Waals surface area (Å²) < 4.78 is 40.7. The summed E-state index contributed by atoms with van der Waals surface area (Å²) in [6.07, 6.45) is 4.53. The average Bonchev–Trinajstić information content (AvgIpc) is 2.90. The van der Waals surface area contributed by atoms with Gasteiger partial charge in [-0.2, -0.15) is 0 Å². The lowest BCUT2D eigenvalue weighted by Gasteiger charge is -2.14. The van der Waals surface area contributed by atoms with Crippen molar-refractivity contribution >= 4 is 22.6 Å². The maximum Gasteiger partial charge on any atom is 0.268 e. The molecule has 196 valence electrons. The van der Waals surface area contributed by atoms with Crippen LogP contribution in [0.15, 0.2) is 78.0 Å². The molecule has 0 atom stereocenters. The molecular formula is C29H22F2N4O4. The third-order valence-electron chi connectivity index (χ3n) is 6.11. The number of ether oxygens (including phenoxy) is 2. The second kappa shape index (κ2) is 10.3. The van der Waals surface area contributed by atoms with Crippen molar-refractivity contribution in [3.63, 3.8) is 0 Å². The number of amides is 1. The molecule has 0 aliphatic heterocycles. The van der Waals surface area contributed by atoms with Crippen molar-refractivity contribution in [1.29, 1.82) is 0 Å². The van der Waals surface area contributed by atoms with Crippen LogP contribution in [0.5, 0.6) is 17.2 Å². The topological polar surface area (TPSA) is 95.3 Å². The van der Waals surface area contributed by atoms with Crippen LogP contribution >= 0.6 is 0 Å². The van der Waals surface area contributed by atoms with E-state index >= 15 is 0 Å². The van der Waals surface area contributed by atoms with Gasteiger partial charge in [0.25, 0.3) is 11.5 Å². The first-order chi connectivity index (χ1) is 18.7. The summed E-state index contributed by atoms with van der Waals surface area (Å²) >= 11 is 0. The fourth-order valence-electron chi connectivity index (χ4n) is 4.14. The number of nitrogens with one attached hydrogen (secondary N) is 1. The summed E-state index contributed by atoms with van der Waals surface area (Å²) in [4.78, 5) is 34.8. The number of aryl methyl sites for hydroxylation is 2. The summed E-state index contributed by atoms with van der Waals surface area (Å²) in [6, 6.07) is 12.8. The lowest BCUT2D eigenvalue weighted by atomic mass is 10.1. The molecule has 0 fully saturated rings. The number of carbonyl (C=O) groups excluding carboxylic acids is 1. The number of nitrogens with zero attached hydrogens (tertiary/aromatic N) is 3. The zero-order valence-electron chi connectivity index (χ0n) is 21.2. The van der Waals surface area contributed by atoms with Crippen LogP contribution in [0.3, 0.4) is 0 Å². The van der Waals surface area contributed by atoms with Crippen molar-refractivity contribution in [2.75, 3.05) is 12.4 Å². The Morgan fingerprint density at radius 3 is 2.51 bits per heavy atom. The molecule has 0 unspecified atom stereocenters. The van der Waals surface area contributed by atoms with Gasteiger partial charge in [0, 0.05) is 36.3 Å². The number of hydrogen-bond donors (Lipinski definition) is 1. The lowest BCUT2D eigenvalue weighted by molar-refractivity contribution is 0.102. The van der Waals surface area contributed by atoms with Gasteiger partial charge in [-0.3, -0.25) is 19.1 Å². The average molecular weight is 529 g/mol. The highest BCUT2D eigenvalue weighted by Gasteiger charge is 2.19. The molecule has 0 saturated heterocycles. The second-order valence-corrected chi connectivity index (χ2v) is 8.73. The summed E-state index contributed by atoms with van der Waals surface area (Å²) in [6.45, 7) is 3.29. The quantitative estimate of drug-likeness (QED) is 0.303. The van der Waals surface area contributed by atoms with Gasteiger partial charge in [-0.25, -0.2) is 13.8 Å². The number of benzene rings is 2. The molecule has 5 aromatic rings. The second-order valence-electron chi connectivity index (χ2n) is 8.73. The standard InChI is InChI=1S/C29H22F2N4O4/c1-16-9-11-35(23-6-4-18(30)12-17(23)2)29(37)26(16)28(36)34-19-5-7-24(21(31)13-19)39-25-8-10-32-22-14-20(38-3)15-33-27(22)25/h4-15H,1-3H3,(H,34,36). The van der Waals surface area contributed by atoms with Crippen molar-refractivity contribution < 1.29 is 23.0 Å². The van der Waals surface area contributed by atoms with Crippen LogP contribution in [0.25, 0.3) is 16.7 Å². The Balaban J connectivity index is 1.40. The molecule has 0 bridgehead atoms. The van der Waals surface area contributed by atoms with E-state index in [1.807, 2.05) is 0 Å². The van der Waals surface area contributed by atoms with Crippen LogP contribution in [-0.2, 0) is 0 Å². The van der Waals surface area contributed by atoms with E-state index in [2.05, 4.69) is 15.3 Å². The number of halogens is 2. The fraction of sp³-hybridized carbons (Fsp3) is 0.103. The summed E-state index contributed by atoms with van der Waals surface area (Å²) in [5.74, 6) is -1.17. The van der Waals surface area contributed by atoms with Gasteiger partial charge < -0.3 is 14.8 Å². The number of rotatable bonds is 6. The molecule has 5 rings (SSSR count). The Morgan fingerprint density at radius 1 is 0.949 bits per heavy atom. The minimum absolute atomic E-state index is 0.0943. The van der Waals surface area contributed by atoms with Crippen LogP contribution in [0.2, 0.25) is 0 Å². The molecule has 39 heavy (non-hydrogen) atoms. The van der Waals surface area contributed by atoms with E-state index in [9.17, 15) is 18.4 Å². The lowest BCUT2D eigenvalue weighted by Crippen LogP contribution is -2.29. The van der Waals surface area contributed by atoms with Gasteiger partial charge >= 0.3 is 0 Å². The van der Waals surface area contributed by atoms with Crippen LogP contribution in [0, 0.1) is 25.5 Å². The van der Waals surface area contributed by atoms with E-state index in [1.165, 1.54) is 60.6 Å². The number of aromatic nitrogens is 3. The molecule has 0 spiro atoms. The van der Waals surface area contributed by atoms with E-state index in [0.717, 1.165) is 6.07 Å². The molecule has 2 aromatic carbocycles. The zero-order valence-corrected chi connectivity index (χ0v) is 21.2. The Bertz CT molecular complexity index is 1800. The van der Waals surface area contributed by atoms with Gasteiger partial charge in [0.05, 0.1) is 24.5 Å². The molecule has 0 radical (unpaired) electrons. The smallest absolute Gasteiger partial charge is 0.268 e. The van der Waals surface area contributed by atoms with Gasteiger partial charge in [-0.05, 0) is 61.4 Å². The predicted molar refractivity (Wildman–Crippen MR) is 142 cm³/mol. The minimum atomic E-state index is -0.740. The normalized spacial score (nSPS) is 10.9. The van der Waals surface area contributed by atoms with Gasteiger partial charge in [0.2, 0.25) is 0 Å². The first-order valence-corrected chi connectivity index (χ1v) is 11.8. The predicted octanol–water partition coefficient (Wildman–Crippen LogP) is 5.73. The van der Waals surface area contributed by atoms with Crippen LogP contribution in [0.4, 0.5) is 14.5 Å². The first-order valence-electron chi connectivity index (χ1n) is 11.8. The molecule has 0 saturated carbocycles. The van der Waals surface area contributed by atoms with Crippen molar-refractivity contribution in [3.8, 4) is 22.9 Å². The number of pyridine rings is 3. The maximum absolute atomic E-state index is 15.0. The molecule has 0 aliphatic carbocycles. The molecular weight excluding hydrogens is 506 g/mol. The van der Waals surface area contributed by atoms with E-state index in [4.69, 9.17) is 9.47 Å². The van der Waals surface area contributed by atoms with Gasteiger partial charge in [0.15, 0.2) is 17.3 Å². The fourth-order valence-corrected chi connectivity index (χ4v) is 4.14. The molecule has 3 heterocycles. The number of carbonyl (C=O) groups is 1. The highest BCUT2D eigenvalue weighted by atomic mass is 19.1. The number of methoxy groups -OCH3 is 1. The number of anilines is 1. The Labute approximate surface area is 221 Å². The van der Waals surface area contributed by atoms with Crippen molar-refractivity contribution in [2.45, 2.75) is 13.8 Å². The van der Waals surface area contributed by atoms with E-state index in [0.29, 0.717) is 33.6 Å². The molecule has 0 aliphatic rings. The Morgan fingerprint density at radius 2 is 1.77 bits per heavy atom. The Hall–Kier alpha value is -5.12. The highest BCUT2D eigenvalue weighted by Crippen LogP contribution is 2.31. The highest BCUT2D eigenvalue weighted by molar-refractivity contribution is 6.05. The maximum atomic E-state index is 15.0. The molecule has 1 N–H and O–H groups in total. The first kappa shape index (κ1) is 25.5.